The minimum atomic E-state index is -0.321. The van der Waals surface area contributed by atoms with Crippen molar-refractivity contribution in [3.63, 3.8) is 0 Å². The van der Waals surface area contributed by atoms with E-state index < -0.39 is 0 Å². The molecule has 124 valence electrons. The molecule has 0 aliphatic carbocycles. The number of carbonyl (C=O) groups is 1. The Morgan fingerprint density at radius 3 is 2.88 bits per heavy atom. The summed E-state index contributed by atoms with van der Waals surface area (Å²) >= 11 is 3.27. The van der Waals surface area contributed by atoms with Gasteiger partial charge in [0, 0.05) is 12.3 Å². The summed E-state index contributed by atoms with van der Waals surface area (Å²) in [5, 5.41) is 11.6. The van der Waals surface area contributed by atoms with Gasteiger partial charge in [-0.1, -0.05) is 30.0 Å². The number of thiophene rings is 1. The van der Waals surface area contributed by atoms with Gasteiger partial charge in [0.2, 0.25) is 0 Å². The van der Waals surface area contributed by atoms with Crippen LogP contribution >= 0.6 is 23.1 Å². The summed E-state index contributed by atoms with van der Waals surface area (Å²) < 4.78 is 6.88. The highest BCUT2D eigenvalue weighted by Gasteiger charge is 2.14. The fraction of sp³-hybridized carbons (Fsp3) is 0.235. The highest BCUT2D eigenvalue weighted by Crippen LogP contribution is 2.28. The first kappa shape index (κ1) is 16.7. The molecule has 0 radical (unpaired) electrons. The molecule has 0 saturated carbocycles. The second-order valence-electron chi connectivity index (χ2n) is 5.01. The van der Waals surface area contributed by atoms with Gasteiger partial charge in [-0.2, -0.15) is 0 Å². The van der Waals surface area contributed by atoms with Crippen LogP contribution in [0.1, 0.15) is 22.8 Å². The van der Waals surface area contributed by atoms with Crippen molar-refractivity contribution in [3.8, 4) is 10.7 Å². The van der Waals surface area contributed by atoms with Crippen LogP contribution in [0.3, 0.4) is 0 Å². The van der Waals surface area contributed by atoms with E-state index in [2.05, 4.69) is 27.8 Å². The second-order valence-corrected chi connectivity index (χ2v) is 6.90. The molecule has 0 bridgehead atoms. The lowest BCUT2D eigenvalue weighted by atomic mass is 10.1. The standard InChI is InChI=1S/C17H17N3O2S2/c1-3-20-15(14-8-5-9-23-14)18-19-17(20)24-11-12-6-4-7-13(10-12)16(21)22-2/h4-10H,3,11H2,1-2H3. The normalized spacial score (nSPS) is 10.8. The molecule has 7 heteroatoms. The monoisotopic (exact) mass is 359 g/mol. The van der Waals surface area contributed by atoms with Crippen molar-refractivity contribution in [3.05, 3.63) is 52.9 Å². The zero-order valence-corrected chi connectivity index (χ0v) is 15.1. The Morgan fingerprint density at radius 2 is 2.17 bits per heavy atom. The van der Waals surface area contributed by atoms with Gasteiger partial charge in [-0.15, -0.1) is 21.5 Å². The van der Waals surface area contributed by atoms with Crippen LogP contribution in [0, 0.1) is 0 Å². The van der Waals surface area contributed by atoms with Crippen molar-refractivity contribution in [2.24, 2.45) is 0 Å². The number of rotatable bonds is 6. The summed E-state index contributed by atoms with van der Waals surface area (Å²) in [4.78, 5) is 12.7. The summed E-state index contributed by atoms with van der Waals surface area (Å²) in [6, 6.07) is 11.5. The number of ether oxygens (including phenoxy) is 1. The van der Waals surface area contributed by atoms with Gasteiger partial charge in [0.25, 0.3) is 0 Å². The van der Waals surface area contributed by atoms with Gasteiger partial charge in [0.05, 0.1) is 17.6 Å². The number of hydrogen-bond acceptors (Lipinski definition) is 6. The molecule has 0 saturated heterocycles. The Hall–Kier alpha value is -2.12. The zero-order valence-electron chi connectivity index (χ0n) is 13.4. The van der Waals surface area contributed by atoms with Crippen molar-refractivity contribution in [1.82, 2.24) is 14.8 Å². The van der Waals surface area contributed by atoms with E-state index in [1.54, 1.807) is 29.2 Å². The van der Waals surface area contributed by atoms with E-state index in [4.69, 9.17) is 4.74 Å². The number of methoxy groups -OCH3 is 1. The van der Waals surface area contributed by atoms with Gasteiger partial charge in [-0.05, 0) is 36.1 Å². The lowest BCUT2D eigenvalue weighted by molar-refractivity contribution is 0.0600. The maximum Gasteiger partial charge on any atom is 0.337 e. The quantitative estimate of drug-likeness (QED) is 0.490. The summed E-state index contributed by atoms with van der Waals surface area (Å²) in [7, 11) is 1.39. The molecule has 0 aliphatic heterocycles. The second kappa shape index (κ2) is 7.63. The third-order valence-electron chi connectivity index (χ3n) is 3.49. The maximum atomic E-state index is 11.6. The van der Waals surface area contributed by atoms with Gasteiger partial charge >= 0.3 is 5.97 Å². The van der Waals surface area contributed by atoms with Crippen molar-refractivity contribution < 1.29 is 9.53 Å². The van der Waals surface area contributed by atoms with Crippen LogP contribution in [-0.4, -0.2) is 27.8 Å². The molecule has 0 amide bonds. The molecule has 24 heavy (non-hydrogen) atoms. The van der Waals surface area contributed by atoms with Crippen molar-refractivity contribution in [2.45, 2.75) is 24.4 Å². The largest absolute Gasteiger partial charge is 0.465 e. The van der Waals surface area contributed by atoms with Gasteiger partial charge < -0.3 is 9.30 Å². The maximum absolute atomic E-state index is 11.6. The van der Waals surface area contributed by atoms with Gasteiger partial charge in [0.15, 0.2) is 11.0 Å². The molecular weight excluding hydrogens is 342 g/mol. The molecule has 2 aromatic heterocycles. The summed E-state index contributed by atoms with van der Waals surface area (Å²) in [5.41, 5.74) is 1.61. The van der Waals surface area contributed by atoms with Crippen LogP contribution in [0.25, 0.3) is 10.7 Å². The molecule has 0 aliphatic rings. The molecule has 2 heterocycles. The molecule has 3 rings (SSSR count). The Bertz CT molecular complexity index is 828. The summed E-state index contributed by atoms with van der Waals surface area (Å²) in [5.74, 6) is 1.30. The van der Waals surface area contributed by atoms with E-state index in [1.165, 1.54) is 7.11 Å². The Kier molecular flexibility index (Phi) is 5.32. The van der Waals surface area contributed by atoms with Gasteiger partial charge in [-0.3, -0.25) is 0 Å². The first-order valence-electron chi connectivity index (χ1n) is 7.50. The topological polar surface area (TPSA) is 57.0 Å². The van der Waals surface area contributed by atoms with Crippen LogP contribution in [0.2, 0.25) is 0 Å². The van der Waals surface area contributed by atoms with Crippen LogP contribution < -0.4 is 0 Å². The smallest absolute Gasteiger partial charge is 0.337 e. The summed E-state index contributed by atoms with van der Waals surface area (Å²) in [6.45, 7) is 2.90. The van der Waals surface area contributed by atoms with Crippen LogP contribution in [0.15, 0.2) is 46.9 Å². The fourth-order valence-electron chi connectivity index (χ4n) is 2.32. The Morgan fingerprint density at radius 1 is 1.29 bits per heavy atom. The molecule has 1 aromatic carbocycles. The molecule has 0 unspecified atom stereocenters. The molecule has 3 aromatic rings. The first-order chi connectivity index (χ1) is 11.7. The average Bonchev–Trinajstić information content (AvgIpc) is 3.28. The minimum absolute atomic E-state index is 0.321. The first-order valence-corrected chi connectivity index (χ1v) is 9.36. The summed E-state index contributed by atoms with van der Waals surface area (Å²) in [6.07, 6.45) is 0. The Labute approximate surface area is 148 Å². The fourth-order valence-corrected chi connectivity index (χ4v) is 3.99. The third kappa shape index (κ3) is 3.52. The highest BCUT2D eigenvalue weighted by molar-refractivity contribution is 7.98. The van der Waals surface area contributed by atoms with Crippen LogP contribution in [0.5, 0.6) is 0 Å². The van der Waals surface area contributed by atoms with E-state index >= 15 is 0 Å². The van der Waals surface area contributed by atoms with Crippen molar-refractivity contribution in [1.29, 1.82) is 0 Å². The van der Waals surface area contributed by atoms with Crippen LogP contribution in [-0.2, 0) is 17.0 Å². The number of nitrogens with zero attached hydrogens (tertiary/aromatic N) is 3. The number of carbonyl (C=O) groups excluding carboxylic acids is 1. The number of aromatic nitrogens is 3. The molecule has 5 nitrogen and oxygen atoms in total. The zero-order chi connectivity index (χ0) is 16.9. The predicted molar refractivity (Wildman–Crippen MR) is 96.4 cm³/mol. The lowest BCUT2D eigenvalue weighted by Crippen LogP contribution is -2.02. The van der Waals surface area contributed by atoms with Crippen LogP contribution in [0.4, 0.5) is 0 Å². The number of thioether (sulfide) groups is 1. The average molecular weight is 359 g/mol. The molecule has 0 spiro atoms. The lowest BCUT2D eigenvalue weighted by Gasteiger charge is -2.07. The Balaban J connectivity index is 1.77. The number of benzene rings is 1. The predicted octanol–water partition coefficient (Wildman–Crippen LogP) is 4.11. The minimum Gasteiger partial charge on any atom is -0.465 e. The highest BCUT2D eigenvalue weighted by atomic mass is 32.2. The van der Waals surface area contributed by atoms with E-state index in [0.717, 1.165) is 28.0 Å². The van der Waals surface area contributed by atoms with E-state index in [-0.39, 0.29) is 5.97 Å². The van der Waals surface area contributed by atoms with E-state index in [0.29, 0.717) is 11.3 Å². The van der Waals surface area contributed by atoms with Gasteiger partial charge in [0.1, 0.15) is 0 Å². The molecular formula is C17H17N3O2S2. The number of esters is 1. The van der Waals surface area contributed by atoms with Crippen molar-refractivity contribution in [2.75, 3.05) is 7.11 Å². The van der Waals surface area contributed by atoms with E-state index in [9.17, 15) is 4.79 Å². The molecule has 0 N–H and O–H groups in total. The SMILES string of the molecule is CCn1c(SCc2cccc(C(=O)OC)c2)nnc1-c1cccs1. The van der Waals surface area contributed by atoms with Gasteiger partial charge in [-0.25, -0.2) is 4.79 Å². The van der Waals surface area contributed by atoms with E-state index in [1.807, 2.05) is 29.6 Å². The number of hydrogen-bond donors (Lipinski definition) is 0. The molecule has 0 fully saturated rings. The molecule has 0 atom stereocenters. The van der Waals surface area contributed by atoms with Crippen molar-refractivity contribution >= 4 is 29.1 Å². The third-order valence-corrected chi connectivity index (χ3v) is 5.39.